The van der Waals surface area contributed by atoms with Crippen LogP contribution in [0.1, 0.15) is 20.3 Å². The van der Waals surface area contributed by atoms with Gasteiger partial charge in [0.25, 0.3) is 6.43 Å². The van der Waals surface area contributed by atoms with Gasteiger partial charge in [-0.2, -0.15) is 0 Å². The van der Waals surface area contributed by atoms with Crippen LogP contribution in [0.15, 0.2) is 0 Å². The van der Waals surface area contributed by atoms with Crippen LogP contribution in [0, 0.1) is 5.92 Å². The molecule has 1 N–H and O–H groups in total. The van der Waals surface area contributed by atoms with E-state index < -0.39 is 6.43 Å². The predicted octanol–water partition coefficient (Wildman–Crippen LogP) is 1.90. The molecule has 13 heavy (non-hydrogen) atoms. The molecule has 0 aliphatic rings. The SMILES string of the molecule is CC(C)CCOCCNCC(F)F. The highest BCUT2D eigenvalue weighted by Gasteiger charge is 1.99. The van der Waals surface area contributed by atoms with Crippen molar-refractivity contribution in [3.63, 3.8) is 0 Å². The van der Waals surface area contributed by atoms with Crippen molar-refractivity contribution in [3.8, 4) is 0 Å². The summed E-state index contributed by atoms with van der Waals surface area (Å²) in [5.41, 5.74) is 0. The molecule has 0 aliphatic heterocycles. The van der Waals surface area contributed by atoms with Crippen molar-refractivity contribution >= 4 is 0 Å². The van der Waals surface area contributed by atoms with Crippen LogP contribution in [0.4, 0.5) is 8.78 Å². The molecule has 0 spiro atoms. The second-order valence-corrected chi connectivity index (χ2v) is 3.39. The van der Waals surface area contributed by atoms with E-state index in [4.69, 9.17) is 4.74 Å². The van der Waals surface area contributed by atoms with Crippen LogP contribution < -0.4 is 5.32 Å². The first-order valence-electron chi connectivity index (χ1n) is 4.69. The quantitative estimate of drug-likeness (QED) is 0.597. The molecule has 0 aromatic carbocycles. The Morgan fingerprint density at radius 3 is 2.46 bits per heavy atom. The average Bonchev–Trinajstić information content (AvgIpc) is 2.01. The van der Waals surface area contributed by atoms with Crippen molar-refractivity contribution in [2.24, 2.45) is 5.92 Å². The van der Waals surface area contributed by atoms with Crippen molar-refractivity contribution in [3.05, 3.63) is 0 Å². The molecule has 0 heterocycles. The Morgan fingerprint density at radius 1 is 1.23 bits per heavy atom. The van der Waals surface area contributed by atoms with Crippen LogP contribution in [-0.4, -0.2) is 32.7 Å². The first-order valence-corrected chi connectivity index (χ1v) is 4.69. The van der Waals surface area contributed by atoms with Crippen molar-refractivity contribution in [1.29, 1.82) is 0 Å². The van der Waals surface area contributed by atoms with Gasteiger partial charge >= 0.3 is 0 Å². The molecule has 0 atom stereocenters. The van der Waals surface area contributed by atoms with Gasteiger partial charge in [-0.05, 0) is 12.3 Å². The van der Waals surface area contributed by atoms with Gasteiger partial charge in [0.05, 0.1) is 13.2 Å². The Hall–Kier alpha value is -0.220. The van der Waals surface area contributed by atoms with Gasteiger partial charge in [-0.15, -0.1) is 0 Å². The van der Waals surface area contributed by atoms with E-state index in [2.05, 4.69) is 19.2 Å². The fourth-order valence-corrected chi connectivity index (χ4v) is 0.777. The third kappa shape index (κ3) is 11.8. The fraction of sp³-hybridized carbons (Fsp3) is 1.00. The van der Waals surface area contributed by atoms with E-state index in [-0.39, 0.29) is 6.54 Å². The molecule has 0 aromatic heterocycles. The van der Waals surface area contributed by atoms with E-state index in [1.807, 2.05) is 0 Å². The highest BCUT2D eigenvalue weighted by atomic mass is 19.3. The maximum Gasteiger partial charge on any atom is 0.250 e. The number of halogens is 2. The van der Waals surface area contributed by atoms with Gasteiger partial charge in [-0.1, -0.05) is 13.8 Å². The third-order valence-electron chi connectivity index (χ3n) is 1.56. The molecule has 0 aromatic rings. The molecule has 0 rings (SSSR count). The van der Waals surface area contributed by atoms with Crippen LogP contribution in [0.2, 0.25) is 0 Å². The summed E-state index contributed by atoms with van der Waals surface area (Å²) in [6, 6.07) is 0. The van der Waals surface area contributed by atoms with Gasteiger partial charge in [-0.3, -0.25) is 0 Å². The zero-order valence-corrected chi connectivity index (χ0v) is 8.35. The monoisotopic (exact) mass is 195 g/mol. The summed E-state index contributed by atoms with van der Waals surface area (Å²) < 4.78 is 28.4. The normalized spacial score (nSPS) is 11.5. The van der Waals surface area contributed by atoms with Crippen LogP contribution >= 0.6 is 0 Å². The van der Waals surface area contributed by atoms with E-state index >= 15 is 0 Å². The Labute approximate surface area is 78.7 Å². The largest absolute Gasteiger partial charge is 0.380 e. The van der Waals surface area contributed by atoms with Gasteiger partial charge in [0.15, 0.2) is 0 Å². The number of hydrogen-bond acceptors (Lipinski definition) is 2. The maximum atomic E-state index is 11.6. The van der Waals surface area contributed by atoms with Crippen LogP contribution in [0.3, 0.4) is 0 Å². The molecule has 0 bridgehead atoms. The first kappa shape index (κ1) is 12.8. The van der Waals surface area contributed by atoms with E-state index in [0.717, 1.165) is 6.42 Å². The molecule has 80 valence electrons. The zero-order valence-electron chi connectivity index (χ0n) is 8.35. The van der Waals surface area contributed by atoms with Crippen molar-refractivity contribution in [2.45, 2.75) is 26.7 Å². The number of alkyl halides is 2. The molecule has 0 fully saturated rings. The molecule has 0 saturated heterocycles. The minimum absolute atomic E-state index is 0.243. The van der Waals surface area contributed by atoms with Gasteiger partial charge in [0.1, 0.15) is 0 Å². The van der Waals surface area contributed by atoms with Crippen molar-refractivity contribution in [2.75, 3.05) is 26.3 Å². The smallest absolute Gasteiger partial charge is 0.250 e. The molecule has 2 nitrogen and oxygen atoms in total. The lowest BCUT2D eigenvalue weighted by atomic mass is 10.1. The van der Waals surface area contributed by atoms with Gasteiger partial charge in [0, 0.05) is 13.2 Å². The van der Waals surface area contributed by atoms with Gasteiger partial charge in [0.2, 0.25) is 0 Å². The molecule has 0 amide bonds. The molecule has 0 radical (unpaired) electrons. The Bertz CT molecular complexity index is 97.8. The molecule has 0 unspecified atom stereocenters. The van der Waals surface area contributed by atoms with E-state index in [0.29, 0.717) is 25.7 Å². The minimum atomic E-state index is -2.27. The number of hydrogen-bond donors (Lipinski definition) is 1. The third-order valence-corrected chi connectivity index (χ3v) is 1.56. The summed E-state index contributed by atoms with van der Waals surface area (Å²) in [7, 11) is 0. The first-order chi connectivity index (χ1) is 6.13. The predicted molar refractivity (Wildman–Crippen MR) is 49.1 cm³/mol. The summed E-state index contributed by atoms with van der Waals surface area (Å²) in [6.07, 6.45) is -1.25. The van der Waals surface area contributed by atoms with Gasteiger partial charge in [-0.25, -0.2) is 8.78 Å². The summed E-state index contributed by atoms with van der Waals surface area (Å²) >= 11 is 0. The minimum Gasteiger partial charge on any atom is -0.380 e. The molecule has 0 aliphatic carbocycles. The average molecular weight is 195 g/mol. The highest BCUT2D eigenvalue weighted by molar-refractivity contribution is 4.48. The Balaban J connectivity index is 2.92. The summed E-state index contributed by atoms with van der Waals surface area (Å²) in [5, 5.41) is 2.60. The lowest BCUT2D eigenvalue weighted by Crippen LogP contribution is -2.25. The summed E-state index contributed by atoms with van der Waals surface area (Å²) in [5.74, 6) is 0.633. The van der Waals surface area contributed by atoms with Gasteiger partial charge < -0.3 is 10.1 Å². The standard InChI is InChI=1S/C9H19F2NO/c1-8(2)3-5-13-6-4-12-7-9(10)11/h8-9,12H,3-7H2,1-2H3. The van der Waals surface area contributed by atoms with E-state index in [1.165, 1.54) is 0 Å². The van der Waals surface area contributed by atoms with E-state index in [9.17, 15) is 8.78 Å². The number of ether oxygens (including phenoxy) is 1. The molecule has 0 saturated carbocycles. The van der Waals surface area contributed by atoms with Crippen molar-refractivity contribution < 1.29 is 13.5 Å². The highest BCUT2D eigenvalue weighted by Crippen LogP contribution is 1.98. The van der Waals surface area contributed by atoms with Crippen molar-refractivity contribution in [1.82, 2.24) is 5.32 Å². The second kappa shape index (κ2) is 8.38. The molecular weight excluding hydrogens is 176 g/mol. The summed E-state index contributed by atoms with van der Waals surface area (Å²) in [6.45, 7) is 5.74. The van der Waals surface area contributed by atoms with Crippen LogP contribution in [0.25, 0.3) is 0 Å². The summed E-state index contributed by atoms with van der Waals surface area (Å²) in [4.78, 5) is 0. The lowest BCUT2D eigenvalue weighted by molar-refractivity contribution is 0.113. The zero-order chi connectivity index (χ0) is 10.1. The lowest BCUT2D eigenvalue weighted by Gasteiger charge is -2.07. The maximum absolute atomic E-state index is 11.6. The second-order valence-electron chi connectivity index (χ2n) is 3.39. The van der Waals surface area contributed by atoms with Crippen LogP contribution in [-0.2, 0) is 4.74 Å². The topological polar surface area (TPSA) is 21.3 Å². The fourth-order valence-electron chi connectivity index (χ4n) is 0.777. The number of rotatable bonds is 8. The molecular formula is C9H19F2NO. The van der Waals surface area contributed by atoms with E-state index in [1.54, 1.807) is 0 Å². The van der Waals surface area contributed by atoms with Crippen LogP contribution in [0.5, 0.6) is 0 Å². The Morgan fingerprint density at radius 2 is 1.92 bits per heavy atom. The number of nitrogens with one attached hydrogen (secondary N) is 1. The molecule has 4 heteroatoms. The Kier molecular flexibility index (Phi) is 8.24.